The third kappa shape index (κ3) is 3.28. The third-order valence-corrected chi connectivity index (χ3v) is 6.17. The molecule has 1 saturated heterocycles. The molecule has 1 fully saturated rings. The van der Waals surface area contributed by atoms with Crippen molar-refractivity contribution in [1.82, 2.24) is 20.3 Å². The van der Waals surface area contributed by atoms with E-state index in [1.165, 1.54) is 0 Å². The highest BCUT2D eigenvalue weighted by Gasteiger charge is 2.29. The van der Waals surface area contributed by atoms with E-state index in [2.05, 4.69) is 20.3 Å². The molecule has 4 rings (SSSR count). The van der Waals surface area contributed by atoms with Crippen LogP contribution in [0.1, 0.15) is 16.9 Å². The standard InChI is InChI=1S/C18H16N4O3S/c23-18(21-13-4-8-26(24,25)11-13)17-9-14(12-1-5-19-6-2-12)15-10-20-7-3-16(15)22-17/h1-3,5-7,9-10,13H,4,8,11H2,(H,21,23)/t13-/m0/s1. The van der Waals surface area contributed by atoms with E-state index in [-0.39, 0.29) is 29.1 Å². The van der Waals surface area contributed by atoms with Gasteiger partial charge in [-0.1, -0.05) is 0 Å². The minimum absolute atomic E-state index is 0.0204. The number of nitrogens with one attached hydrogen (secondary N) is 1. The van der Waals surface area contributed by atoms with Crippen LogP contribution < -0.4 is 5.32 Å². The maximum Gasteiger partial charge on any atom is 0.270 e. The zero-order chi connectivity index (χ0) is 18.1. The van der Waals surface area contributed by atoms with Gasteiger partial charge in [-0.3, -0.25) is 14.8 Å². The number of fused-ring (bicyclic) bond motifs is 1. The lowest BCUT2D eigenvalue weighted by atomic mass is 10.0. The summed E-state index contributed by atoms with van der Waals surface area (Å²) in [6, 6.07) is 6.79. The smallest absolute Gasteiger partial charge is 0.270 e. The molecule has 0 radical (unpaired) electrons. The summed E-state index contributed by atoms with van der Waals surface area (Å²) in [7, 11) is -3.06. The van der Waals surface area contributed by atoms with Crippen molar-refractivity contribution in [3.8, 4) is 11.1 Å². The van der Waals surface area contributed by atoms with Gasteiger partial charge in [0.25, 0.3) is 5.91 Å². The quantitative estimate of drug-likeness (QED) is 0.753. The van der Waals surface area contributed by atoms with Crippen LogP contribution in [0.5, 0.6) is 0 Å². The lowest BCUT2D eigenvalue weighted by Gasteiger charge is -2.13. The van der Waals surface area contributed by atoms with E-state index in [1.807, 2.05) is 12.1 Å². The number of sulfone groups is 1. The summed E-state index contributed by atoms with van der Waals surface area (Å²) < 4.78 is 23.2. The molecule has 1 aliphatic heterocycles. The number of nitrogens with zero attached hydrogens (tertiary/aromatic N) is 3. The second-order valence-corrected chi connectivity index (χ2v) is 8.49. The number of hydrogen-bond acceptors (Lipinski definition) is 6. The summed E-state index contributed by atoms with van der Waals surface area (Å²) in [6.45, 7) is 0. The van der Waals surface area contributed by atoms with Crippen LogP contribution >= 0.6 is 0 Å². The third-order valence-electron chi connectivity index (χ3n) is 4.40. The first-order valence-corrected chi connectivity index (χ1v) is 10.0. The first-order valence-electron chi connectivity index (χ1n) is 8.18. The van der Waals surface area contributed by atoms with Gasteiger partial charge < -0.3 is 5.32 Å². The molecule has 132 valence electrons. The number of rotatable bonds is 3. The Balaban J connectivity index is 1.73. The Hall–Kier alpha value is -2.87. The first-order chi connectivity index (χ1) is 12.5. The summed E-state index contributed by atoms with van der Waals surface area (Å²) in [5.74, 6) is -0.286. The molecule has 0 aromatic carbocycles. The molecule has 8 heteroatoms. The lowest BCUT2D eigenvalue weighted by Crippen LogP contribution is -2.36. The molecule has 4 heterocycles. The molecule has 26 heavy (non-hydrogen) atoms. The van der Waals surface area contributed by atoms with E-state index in [0.717, 1.165) is 16.5 Å². The molecule has 0 bridgehead atoms. The van der Waals surface area contributed by atoms with Crippen molar-refractivity contribution in [3.05, 3.63) is 54.7 Å². The molecule has 1 amide bonds. The molecular weight excluding hydrogens is 352 g/mol. The molecular formula is C18H16N4O3S. The predicted octanol–water partition coefficient (Wildman–Crippen LogP) is 1.61. The van der Waals surface area contributed by atoms with Gasteiger partial charge in [-0.25, -0.2) is 13.4 Å². The van der Waals surface area contributed by atoms with Crippen LogP contribution in [-0.4, -0.2) is 46.8 Å². The van der Waals surface area contributed by atoms with Crippen LogP contribution in [0.2, 0.25) is 0 Å². The number of aromatic nitrogens is 3. The van der Waals surface area contributed by atoms with Gasteiger partial charge >= 0.3 is 0 Å². The Labute approximate surface area is 150 Å². The van der Waals surface area contributed by atoms with Crippen molar-refractivity contribution in [2.75, 3.05) is 11.5 Å². The molecule has 3 aromatic heterocycles. The van der Waals surface area contributed by atoms with Crippen molar-refractivity contribution < 1.29 is 13.2 Å². The lowest BCUT2D eigenvalue weighted by molar-refractivity contribution is 0.0936. The summed E-state index contributed by atoms with van der Waals surface area (Å²) in [5, 5.41) is 3.62. The van der Waals surface area contributed by atoms with Crippen LogP contribution in [0, 0.1) is 0 Å². The normalized spacial score (nSPS) is 18.7. The number of carbonyl (C=O) groups excluding carboxylic acids is 1. The summed E-state index contributed by atoms with van der Waals surface area (Å²) in [5.41, 5.74) is 2.63. The van der Waals surface area contributed by atoms with Crippen molar-refractivity contribution in [3.63, 3.8) is 0 Å². The largest absolute Gasteiger partial charge is 0.347 e. The zero-order valence-corrected chi connectivity index (χ0v) is 14.6. The topological polar surface area (TPSA) is 102 Å². The van der Waals surface area contributed by atoms with Gasteiger partial charge in [-0.15, -0.1) is 0 Å². The van der Waals surface area contributed by atoms with Crippen LogP contribution in [0.25, 0.3) is 22.0 Å². The Bertz CT molecular complexity index is 1080. The number of pyridine rings is 3. The number of carbonyl (C=O) groups is 1. The van der Waals surface area contributed by atoms with Crippen LogP contribution in [0.3, 0.4) is 0 Å². The van der Waals surface area contributed by atoms with Gasteiger partial charge in [0, 0.05) is 36.2 Å². The number of amides is 1. The van der Waals surface area contributed by atoms with Crippen molar-refractivity contribution in [1.29, 1.82) is 0 Å². The highest BCUT2D eigenvalue weighted by Crippen LogP contribution is 2.27. The number of hydrogen-bond donors (Lipinski definition) is 1. The molecule has 0 saturated carbocycles. The van der Waals surface area contributed by atoms with Crippen molar-refractivity contribution in [2.24, 2.45) is 0 Å². The van der Waals surface area contributed by atoms with Gasteiger partial charge in [0.2, 0.25) is 0 Å². The minimum atomic E-state index is -3.06. The fraction of sp³-hybridized carbons (Fsp3) is 0.222. The van der Waals surface area contributed by atoms with Gasteiger partial charge in [0.05, 0.1) is 17.0 Å². The van der Waals surface area contributed by atoms with E-state index in [0.29, 0.717) is 11.9 Å². The monoisotopic (exact) mass is 368 g/mol. The highest BCUT2D eigenvalue weighted by atomic mass is 32.2. The SMILES string of the molecule is O=C(N[C@H]1CCS(=O)(=O)C1)c1cc(-c2ccncc2)c2cnccc2n1. The van der Waals surface area contributed by atoms with E-state index < -0.39 is 9.84 Å². The van der Waals surface area contributed by atoms with Gasteiger partial charge in [-0.05, 0) is 41.8 Å². The molecule has 0 spiro atoms. The second kappa shape index (κ2) is 6.45. The molecule has 7 nitrogen and oxygen atoms in total. The average Bonchev–Trinajstić information content (AvgIpc) is 2.99. The molecule has 0 unspecified atom stereocenters. The average molecular weight is 368 g/mol. The van der Waals surface area contributed by atoms with Crippen molar-refractivity contribution in [2.45, 2.75) is 12.5 Å². The first kappa shape index (κ1) is 16.6. The molecule has 3 aromatic rings. The maximum absolute atomic E-state index is 12.6. The van der Waals surface area contributed by atoms with E-state index in [9.17, 15) is 13.2 Å². The molecule has 0 aliphatic carbocycles. The Morgan fingerprint density at radius 3 is 2.62 bits per heavy atom. The second-order valence-electron chi connectivity index (χ2n) is 6.26. The van der Waals surface area contributed by atoms with Crippen LogP contribution in [0.15, 0.2) is 49.1 Å². The van der Waals surface area contributed by atoms with E-state index in [4.69, 9.17) is 0 Å². The fourth-order valence-electron chi connectivity index (χ4n) is 3.12. The summed E-state index contributed by atoms with van der Waals surface area (Å²) in [6.07, 6.45) is 7.13. The molecule has 1 atom stereocenters. The highest BCUT2D eigenvalue weighted by molar-refractivity contribution is 7.91. The summed E-state index contributed by atoms with van der Waals surface area (Å²) >= 11 is 0. The Morgan fingerprint density at radius 1 is 1.12 bits per heavy atom. The minimum Gasteiger partial charge on any atom is -0.347 e. The zero-order valence-electron chi connectivity index (χ0n) is 13.8. The van der Waals surface area contributed by atoms with Gasteiger partial charge in [0.15, 0.2) is 9.84 Å². The van der Waals surface area contributed by atoms with E-state index in [1.54, 1.807) is 36.9 Å². The van der Waals surface area contributed by atoms with Crippen LogP contribution in [-0.2, 0) is 9.84 Å². The van der Waals surface area contributed by atoms with Crippen molar-refractivity contribution >= 4 is 26.6 Å². The Morgan fingerprint density at radius 2 is 1.88 bits per heavy atom. The fourth-order valence-corrected chi connectivity index (χ4v) is 4.80. The molecule has 1 N–H and O–H groups in total. The Kier molecular flexibility index (Phi) is 4.12. The molecule has 1 aliphatic rings. The predicted molar refractivity (Wildman–Crippen MR) is 97.3 cm³/mol. The van der Waals surface area contributed by atoms with Gasteiger partial charge in [0.1, 0.15) is 5.69 Å². The summed E-state index contributed by atoms with van der Waals surface area (Å²) in [4.78, 5) is 25.2. The van der Waals surface area contributed by atoms with Crippen LogP contribution in [0.4, 0.5) is 0 Å². The van der Waals surface area contributed by atoms with E-state index >= 15 is 0 Å². The van der Waals surface area contributed by atoms with Gasteiger partial charge in [-0.2, -0.15) is 0 Å². The maximum atomic E-state index is 12.6.